The van der Waals surface area contributed by atoms with Crippen LogP contribution in [0.3, 0.4) is 0 Å². The molecule has 0 atom stereocenters. The predicted octanol–water partition coefficient (Wildman–Crippen LogP) is 3.51. The lowest BCUT2D eigenvalue weighted by Crippen LogP contribution is -1.98. The molecular formula is C16H10ClN5. The van der Waals surface area contributed by atoms with Crippen molar-refractivity contribution in [3.8, 4) is 22.5 Å². The molecule has 106 valence electrons. The van der Waals surface area contributed by atoms with Gasteiger partial charge in [-0.3, -0.25) is 4.98 Å². The quantitative estimate of drug-likeness (QED) is 0.568. The molecule has 0 aliphatic rings. The second-order valence-corrected chi connectivity index (χ2v) is 5.17. The highest BCUT2D eigenvalue weighted by Gasteiger charge is 2.11. The minimum absolute atomic E-state index is 0.675. The van der Waals surface area contributed by atoms with Crippen molar-refractivity contribution >= 4 is 17.2 Å². The molecule has 4 rings (SSSR count). The summed E-state index contributed by atoms with van der Waals surface area (Å²) in [5, 5.41) is 9.23. The van der Waals surface area contributed by atoms with Crippen LogP contribution in [0.15, 0.2) is 61.1 Å². The number of hydrogen-bond donors (Lipinski definition) is 0. The van der Waals surface area contributed by atoms with Crippen molar-refractivity contribution in [1.82, 2.24) is 24.8 Å². The van der Waals surface area contributed by atoms with Crippen LogP contribution in [-0.2, 0) is 0 Å². The molecule has 0 saturated heterocycles. The summed E-state index contributed by atoms with van der Waals surface area (Å²) in [6.07, 6.45) is 3.24. The average molecular weight is 308 g/mol. The summed E-state index contributed by atoms with van der Waals surface area (Å²) in [5.74, 6) is 0. The van der Waals surface area contributed by atoms with Gasteiger partial charge in [-0.25, -0.2) is 4.98 Å². The predicted molar refractivity (Wildman–Crippen MR) is 84.5 cm³/mol. The smallest absolute Gasteiger partial charge is 0.176 e. The van der Waals surface area contributed by atoms with Gasteiger partial charge in [-0.05, 0) is 36.4 Å². The van der Waals surface area contributed by atoms with Crippen LogP contribution in [0.5, 0.6) is 0 Å². The van der Waals surface area contributed by atoms with Gasteiger partial charge in [0, 0.05) is 22.3 Å². The second kappa shape index (κ2) is 5.20. The molecule has 0 aliphatic heterocycles. The first-order valence-electron chi connectivity index (χ1n) is 6.70. The average Bonchev–Trinajstić information content (AvgIpc) is 3.02. The van der Waals surface area contributed by atoms with Gasteiger partial charge in [-0.1, -0.05) is 23.7 Å². The number of fused-ring (bicyclic) bond motifs is 1. The lowest BCUT2D eigenvalue weighted by molar-refractivity contribution is 0.804. The first-order chi connectivity index (χ1) is 10.8. The molecule has 0 aliphatic carbocycles. The number of rotatable bonds is 2. The summed E-state index contributed by atoms with van der Waals surface area (Å²) in [7, 11) is 0. The summed E-state index contributed by atoms with van der Waals surface area (Å²) >= 11 is 6.09. The van der Waals surface area contributed by atoms with Gasteiger partial charge in [0.05, 0.1) is 11.4 Å². The number of nitrogens with zero attached hydrogens (tertiary/aromatic N) is 5. The number of hydrogen-bond acceptors (Lipinski definition) is 4. The number of halogens is 1. The van der Waals surface area contributed by atoms with E-state index in [0.717, 1.165) is 22.5 Å². The van der Waals surface area contributed by atoms with Crippen molar-refractivity contribution in [2.45, 2.75) is 0 Å². The zero-order valence-electron chi connectivity index (χ0n) is 11.4. The Hall–Kier alpha value is -2.79. The van der Waals surface area contributed by atoms with E-state index in [4.69, 9.17) is 11.6 Å². The third kappa shape index (κ3) is 2.21. The molecule has 6 heteroatoms. The Morgan fingerprint density at radius 3 is 2.82 bits per heavy atom. The maximum atomic E-state index is 6.09. The molecule has 0 spiro atoms. The first kappa shape index (κ1) is 12.9. The zero-order chi connectivity index (χ0) is 14.9. The van der Waals surface area contributed by atoms with Crippen LogP contribution in [-0.4, -0.2) is 24.8 Å². The SMILES string of the molecule is Clc1cccc(-c2ncccc2-c2ccc3ncnn3n2)c1. The Labute approximate surface area is 131 Å². The van der Waals surface area contributed by atoms with Crippen molar-refractivity contribution in [3.63, 3.8) is 0 Å². The van der Waals surface area contributed by atoms with E-state index in [0.29, 0.717) is 10.7 Å². The van der Waals surface area contributed by atoms with Gasteiger partial charge in [0.1, 0.15) is 6.33 Å². The Morgan fingerprint density at radius 2 is 1.91 bits per heavy atom. The van der Waals surface area contributed by atoms with Crippen LogP contribution in [0, 0.1) is 0 Å². The van der Waals surface area contributed by atoms with Crippen molar-refractivity contribution in [2.24, 2.45) is 0 Å². The van der Waals surface area contributed by atoms with E-state index in [2.05, 4.69) is 20.2 Å². The van der Waals surface area contributed by atoms with E-state index in [1.54, 1.807) is 6.20 Å². The van der Waals surface area contributed by atoms with Gasteiger partial charge in [-0.2, -0.15) is 0 Å². The normalized spacial score (nSPS) is 11.0. The highest BCUT2D eigenvalue weighted by atomic mass is 35.5. The molecule has 0 amide bonds. The van der Waals surface area contributed by atoms with Crippen LogP contribution >= 0.6 is 11.6 Å². The van der Waals surface area contributed by atoms with E-state index < -0.39 is 0 Å². The molecule has 0 bridgehead atoms. The number of aromatic nitrogens is 5. The van der Waals surface area contributed by atoms with Gasteiger partial charge >= 0.3 is 0 Å². The third-order valence-corrected chi connectivity index (χ3v) is 3.57. The summed E-state index contributed by atoms with van der Waals surface area (Å²) in [6, 6.07) is 15.3. The van der Waals surface area contributed by atoms with E-state index >= 15 is 0 Å². The molecule has 3 aromatic heterocycles. The van der Waals surface area contributed by atoms with Gasteiger partial charge in [-0.15, -0.1) is 14.8 Å². The lowest BCUT2D eigenvalue weighted by Gasteiger charge is -2.08. The summed E-state index contributed by atoms with van der Waals surface area (Å²) in [4.78, 5) is 8.59. The minimum atomic E-state index is 0.675. The molecule has 0 fully saturated rings. The monoisotopic (exact) mass is 307 g/mol. The van der Waals surface area contributed by atoms with Gasteiger partial charge < -0.3 is 0 Å². The fraction of sp³-hybridized carbons (Fsp3) is 0. The van der Waals surface area contributed by atoms with Crippen LogP contribution in [0.1, 0.15) is 0 Å². The lowest BCUT2D eigenvalue weighted by atomic mass is 10.0. The highest BCUT2D eigenvalue weighted by molar-refractivity contribution is 6.30. The third-order valence-electron chi connectivity index (χ3n) is 3.33. The number of pyridine rings is 1. The van der Waals surface area contributed by atoms with Crippen LogP contribution in [0.4, 0.5) is 0 Å². The van der Waals surface area contributed by atoms with Crippen LogP contribution in [0.25, 0.3) is 28.2 Å². The molecule has 0 saturated carbocycles. The van der Waals surface area contributed by atoms with E-state index in [9.17, 15) is 0 Å². The molecule has 1 aromatic carbocycles. The van der Waals surface area contributed by atoms with E-state index in [1.807, 2.05) is 48.5 Å². The molecule has 4 aromatic rings. The van der Waals surface area contributed by atoms with Crippen molar-refractivity contribution in [1.29, 1.82) is 0 Å². The zero-order valence-corrected chi connectivity index (χ0v) is 12.1. The molecule has 5 nitrogen and oxygen atoms in total. The summed E-state index contributed by atoms with van der Waals surface area (Å²) in [5.41, 5.74) is 4.18. The van der Waals surface area contributed by atoms with E-state index in [1.165, 1.54) is 11.0 Å². The molecular weight excluding hydrogens is 298 g/mol. The first-order valence-corrected chi connectivity index (χ1v) is 7.07. The fourth-order valence-corrected chi connectivity index (χ4v) is 2.53. The van der Waals surface area contributed by atoms with Crippen molar-refractivity contribution in [2.75, 3.05) is 0 Å². The molecule has 0 radical (unpaired) electrons. The van der Waals surface area contributed by atoms with Crippen molar-refractivity contribution in [3.05, 3.63) is 66.1 Å². The largest absolute Gasteiger partial charge is 0.256 e. The van der Waals surface area contributed by atoms with Crippen molar-refractivity contribution < 1.29 is 0 Å². The maximum absolute atomic E-state index is 6.09. The highest BCUT2D eigenvalue weighted by Crippen LogP contribution is 2.30. The summed E-state index contributed by atoms with van der Waals surface area (Å²) < 4.78 is 1.50. The fourth-order valence-electron chi connectivity index (χ4n) is 2.34. The molecule has 22 heavy (non-hydrogen) atoms. The van der Waals surface area contributed by atoms with Gasteiger partial charge in [0.15, 0.2) is 5.65 Å². The number of benzene rings is 1. The Morgan fingerprint density at radius 1 is 0.955 bits per heavy atom. The molecule has 3 heterocycles. The Balaban J connectivity index is 1.92. The molecule has 0 N–H and O–H groups in total. The summed E-state index contributed by atoms with van der Waals surface area (Å²) in [6.45, 7) is 0. The van der Waals surface area contributed by atoms with Crippen LogP contribution in [0.2, 0.25) is 5.02 Å². The van der Waals surface area contributed by atoms with Gasteiger partial charge in [0.2, 0.25) is 0 Å². The maximum Gasteiger partial charge on any atom is 0.176 e. The second-order valence-electron chi connectivity index (χ2n) is 4.74. The molecule has 0 unspecified atom stereocenters. The Bertz CT molecular complexity index is 963. The minimum Gasteiger partial charge on any atom is -0.256 e. The standard InChI is InChI=1S/C16H10ClN5/c17-12-4-1-3-11(9-12)16-13(5-2-8-18-16)14-6-7-15-19-10-20-22(15)21-14/h1-10H. The topological polar surface area (TPSA) is 56.0 Å². The van der Waals surface area contributed by atoms with Crippen LogP contribution < -0.4 is 0 Å². The van der Waals surface area contributed by atoms with E-state index in [-0.39, 0.29) is 0 Å². The Kier molecular flexibility index (Phi) is 3.05. The van der Waals surface area contributed by atoms with Gasteiger partial charge in [0.25, 0.3) is 0 Å².